The molecule has 1 atom stereocenters. The quantitative estimate of drug-likeness (QED) is 0.868. The predicted octanol–water partition coefficient (Wildman–Crippen LogP) is 3.38. The Balaban J connectivity index is 2.47. The van der Waals surface area contributed by atoms with E-state index in [1.807, 2.05) is 19.2 Å². The van der Waals surface area contributed by atoms with Crippen molar-refractivity contribution in [3.05, 3.63) is 34.1 Å². The summed E-state index contributed by atoms with van der Waals surface area (Å²) in [5, 5.41) is 3.15. The summed E-state index contributed by atoms with van der Waals surface area (Å²) in [5.41, 5.74) is 1.19. The van der Waals surface area contributed by atoms with Crippen LogP contribution in [0, 0.1) is 11.7 Å². The van der Waals surface area contributed by atoms with Gasteiger partial charge in [0.15, 0.2) is 0 Å². The molecule has 1 unspecified atom stereocenters. The van der Waals surface area contributed by atoms with Crippen LogP contribution in [0.5, 0.6) is 0 Å². The van der Waals surface area contributed by atoms with Gasteiger partial charge in [0.2, 0.25) is 0 Å². The van der Waals surface area contributed by atoms with Gasteiger partial charge < -0.3 is 5.32 Å². The van der Waals surface area contributed by atoms with E-state index in [4.69, 9.17) is 0 Å². The molecule has 0 heterocycles. The van der Waals surface area contributed by atoms with Gasteiger partial charge in [-0.05, 0) is 66.0 Å². The summed E-state index contributed by atoms with van der Waals surface area (Å²) in [6.07, 6.45) is 2.13. The van der Waals surface area contributed by atoms with E-state index in [1.54, 1.807) is 0 Å². The average Bonchev–Trinajstić information content (AvgIpc) is 2.20. The highest BCUT2D eigenvalue weighted by Gasteiger charge is 2.03. The smallest absolute Gasteiger partial charge is 0.137 e. The molecule has 0 amide bonds. The first-order valence-corrected chi connectivity index (χ1v) is 6.01. The Kier molecular flexibility index (Phi) is 5.26. The van der Waals surface area contributed by atoms with Gasteiger partial charge in [0, 0.05) is 0 Å². The van der Waals surface area contributed by atoms with Crippen LogP contribution in [0.3, 0.4) is 0 Å². The summed E-state index contributed by atoms with van der Waals surface area (Å²) < 4.78 is 13.5. The molecule has 0 fully saturated rings. The second-order valence-electron chi connectivity index (χ2n) is 3.95. The third kappa shape index (κ3) is 4.31. The van der Waals surface area contributed by atoms with E-state index in [9.17, 15) is 4.39 Å². The Hall–Kier alpha value is -0.410. The summed E-state index contributed by atoms with van der Waals surface area (Å²) in [7, 11) is 1.96. The van der Waals surface area contributed by atoms with Crippen LogP contribution in [-0.4, -0.2) is 13.6 Å². The van der Waals surface area contributed by atoms with Crippen LogP contribution in [0.4, 0.5) is 4.39 Å². The molecule has 1 aromatic carbocycles. The average molecular weight is 274 g/mol. The summed E-state index contributed by atoms with van der Waals surface area (Å²) in [6, 6.07) is 5.23. The Morgan fingerprint density at radius 1 is 1.47 bits per heavy atom. The fraction of sp³-hybridized carbons (Fsp3) is 0.500. The molecule has 0 aliphatic carbocycles. The Bertz CT molecular complexity index is 314. The van der Waals surface area contributed by atoms with Crippen molar-refractivity contribution >= 4 is 15.9 Å². The number of aryl methyl sites for hydroxylation is 1. The van der Waals surface area contributed by atoms with Crippen LogP contribution in [-0.2, 0) is 6.42 Å². The van der Waals surface area contributed by atoms with E-state index >= 15 is 0 Å². The predicted molar refractivity (Wildman–Crippen MR) is 65.5 cm³/mol. The number of hydrogen-bond acceptors (Lipinski definition) is 1. The lowest BCUT2D eigenvalue weighted by Gasteiger charge is -2.10. The van der Waals surface area contributed by atoms with Gasteiger partial charge in [0.25, 0.3) is 0 Å². The third-order valence-corrected chi connectivity index (χ3v) is 3.07. The van der Waals surface area contributed by atoms with E-state index in [0.29, 0.717) is 10.4 Å². The highest BCUT2D eigenvalue weighted by Crippen LogP contribution is 2.18. The normalized spacial score (nSPS) is 12.8. The van der Waals surface area contributed by atoms with Gasteiger partial charge in [-0.2, -0.15) is 0 Å². The van der Waals surface area contributed by atoms with Gasteiger partial charge in [-0.15, -0.1) is 0 Å². The molecule has 0 bridgehead atoms. The van der Waals surface area contributed by atoms with E-state index < -0.39 is 0 Å². The van der Waals surface area contributed by atoms with Crippen molar-refractivity contribution in [3.63, 3.8) is 0 Å². The molecular weight excluding hydrogens is 257 g/mol. The minimum atomic E-state index is -0.193. The second-order valence-corrected chi connectivity index (χ2v) is 4.80. The zero-order valence-electron chi connectivity index (χ0n) is 9.19. The highest BCUT2D eigenvalue weighted by atomic mass is 79.9. The maximum atomic E-state index is 13.0. The molecule has 0 saturated carbocycles. The Labute approximate surface area is 99.2 Å². The molecule has 84 valence electrons. The van der Waals surface area contributed by atoms with E-state index in [0.717, 1.165) is 19.4 Å². The fourth-order valence-electron chi connectivity index (χ4n) is 1.56. The summed E-state index contributed by atoms with van der Waals surface area (Å²) in [4.78, 5) is 0. The number of rotatable bonds is 5. The number of hydrogen-bond donors (Lipinski definition) is 1. The molecule has 1 nitrogen and oxygen atoms in total. The first kappa shape index (κ1) is 12.7. The standard InChI is InChI=1S/C12H17BrFN/c1-9(8-15-2)3-4-10-5-6-12(14)11(13)7-10/h5-7,9,15H,3-4,8H2,1-2H3. The molecule has 1 N–H and O–H groups in total. The number of nitrogens with one attached hydrogen (secondary N) is 1. The highest BCUT2D eigenvalue weighted by molar-refractivity contribution is 9.10. The van der Waals surface area contributed by atoms with Crippen LogP contribution >= 0.6 is 15.9 Å². The van der Waals surface area contributed by atoms with Crippen LogP contribution in [0.25, 0.3) is 0 Å². The van der Waals surface area contributed by atoms with Crippen molar-refractivity contribution in [1.29, 1.82) is 0 Å². The van der Waals surface area contributed by atoms with Crippen molar-refractivity contribution in [2.45, 2.75) is 19.8 Å². The van der Waals surface area contributed by atoms with Crippen molar-refractivity contribution in [2.24, 2.45) is 5.92 Å². The molecule has 0 aliphatic heterocycles. The minimum Gasteiger partial charge on any atom is -0.319 e. The summed E-state index contributed by atoms with van der Waals surface area (Å²) in [6.45, 7) is 3.25. The Morgan fingerprint density at radius 3 is 2.80 bits per heavy atom. The Morgan fingerprint density at radius 2 is 2.20 bits per heavy atom. The van der Waals surface area contributed by atoms with E-state index in [-0.39, 0.29) is 5.82 Å². The first-order chi connectivity index (χ1) is 7.13. The topological polar surface area (TPSA) is 12.0 Å². The fourth-order valence-corrected chi connectivity index (χ4v) is 1.98. The van der Waals surface area contributed by atoms with Crippen LogP contribution < -0.4 is 5.32 Å². The summed E-state index contributed by atoms with van der Waals surface area (Å²) in [5.74, 6) is 0.459. The molecule has 0 saturated heterocycles. The van der Waals surface area contributed by atoms with E-state index in [1.165, 1.54) is 11.6 Å². The molecule has 0 aromatic heterocycles. The minimum absolute atomic E-state index is 0.193. The second kappa shape index (κ2) is 6.23. The van der Waals surface area contributed by atoms with Gasteiger partial charge >= 0.3 is 0 Å². The molecule has 0 spiro atoms. The molecule has 3 heteroatoms. The van der Waals surface area contributed by atoms with Gasteiger partial charge in [-0.1, -0.05) is 13.0 Å². The first-order valence-electron chi connectivity index (χ1n) is 5.22. The van der Waals surface area contributed by atoms with Crippen molar-refractivity contribution in [2.75, 3.05) is 13.6 Å². The van der Waals surface area contributed by atoms with Crippen molar-refractivity contribution in [1.82, 2.24) is 5.32 Å². The van der Waals surface area contributed by atoms with Crippen molar-refractivity contribution in [3.8, 4) is 0 Å². The molecule has 1 aromatic rings. The van der Waals surface area contributed by atoms with Gasteiger partial charge in [0.1, 0.15) is 5.82 Å². The summed E-state index contributed by atoms with van der Waals surface area (Å²) >= 11 is 3.20. The molecule has 0 radical (unpaired) electrons. The SMILES string of the molecule is CNCC(C)CCc1ccc(F)c(Br)c1. The largest absolute Gasteiger partial charge is 0.319 e. The lowest BCUT2D eigenvalue weighted by Crippen LogP contribution is -2.16. The molecule has 1 rings (SSSR count). The maximum Gasteiger partial charge on any atom is 0.137 e. The third-order valence-electron chi connectivity index (χ3n) is 2.46. The van der Waals surface area contributed by atoms with Crippen LogP contribution in [0.15, 0.2) is 22.7 Å². The molecular formula is C12H17BrFN. The van der Waals surface area contributed by atoms with Crippen LogP contribution in [0.1, 0.15) is 18.9 Å². The van der Waals surface area contributed by atoms with Gasteiger partial charge in [-0.3, -0.25) is 0 Å². The molecule has 0 aliphatic rings. The lowest BCUT2D eigenvalue weighted by atomic mass is 10.0. The number of benzene rings is 1. The zero-order valence-corrected chi connectivity index (χ0v) is 10.8. The van der Waals surface area contributed by atoms with Gasteiger partial charge in [-0.25, -0.2) is 4.39 Å². The van der Waals surface area contributed by atoms with Crippen LogP contribution in [0.2, 0.25) is 0 Å². The monoisotopic (exact) mass is 273 g/mol. The molecule has 15 heavy (non-hydrogen) atoms. The number of halogens is 2. The lowest BCUT2D eigenvalue weighted by molar-refractivity contribution is 0.504. The van der Waals surface area contributed by atoms with Crippen molar-refractivity contribution < 1.29 is 4.39 Å². The zero-order chi connectivity index (χ0) is 11.3. The maximum absolute atomic E-state index is 13.0. The van der Waals surface area contributed by atoms with E-state index in [2.05, 4.69) is 28.2 Å². The van der Waals surface area contributed by atoms with Gasteiger partial charge in [0.05, 0.1) is 4.47 Å².